The minimum Gasteiger partial charge on any atom is -0.310 e. The molecule has 0 bridgehead atoms. The fraction of sp³-hybridized carbons (Fsp3) is 0.0200. The predicted molar refractivity (Wildman–Crippen MR) is 217 cm³/mol. The van der Waals surface area contributed by atoms with Crippen molar-refractivity contribution in [1.82, 2.24) is 4.98 Å². The summed E-state index contributed by atoms with van der Waals surface area (Å²) in [4.78, 5) is 7.79. The molecule has 8 aromatic carbocycles. The lowest BCUT2D eigenvalue weighted by Crippen LogP contribution is -2.37. The smallest absolute Gasteiger partial charge is 0.0742 e. The monoisotopic (exact) mass is 662 g/mol. The molecular weight excluding hydrogens is 629 g/mol. The average Bonchev–Trinajstić information content (AvgIpc) is 3.23. The van der Waals surface area contributed by atoms with Crippen molar-refractivity contribution in [3.63, 3.8) is 0 Å². The molecule has 2 heterocycles. The van der Waals surface area contributed by atoms with Crippen molar-refractivity contribution >= 4 is 38.7 Å². The third-order valence-corrected chi connectivity index (χ3v) is 10.7. The molecule has 1 aliphatic heterocycles. The fourth-order valence-electron chi connectivity index (χ4n) is 8.49. The van der Waals surface area contributed by atoms with E-state index in [4.69, 9.17) is 4.98 Å². The highest BCUT2D eigenvalue weighted by atomic mass is 15.2. The zero-order chi connectivity index (χ0) is 34.5. The number of hydrogen-bond acceptors (Lipinski definition) is 2. The Kier molecular flexibility index (Phi) is 7.07. The lowest BCUT2D eigenvalue weighted by atomic mass is 9.62. The Morgan fingerprint density at radius 2 is 0.962 bits per heavy atom. The van der Waals surface area contributed by atoms with E-state index in [9.17, 15) is 0 Å². The molecule has 0 saturated carbocycles. The third kappa shape index (κ3) is 4.62. The molecule has 9 aromatic rings. The van der Waals surface area contributed by atoms with Crippen LogP contribution in [0.1, 0.15) is 22.3 Å². The van der Waals surface area contributed by atoms with Gasteiger partial charge in [-0.2, -0.15) is 0 Å². The summed E-state index contributed by atoms with van der Waals surface area (Å²) in [6.45, 7) is 0. The predicted octanol–water partition coefficient (Wildman–Crippen LogP) is 12.9. The van der Waals surface area contributed by atoms with Gasteiger partial charge in [-0.05, 0) is 80.6 Å². The number of anilines is 3. The Bertz CT molecular complexity index is 2640. The standard InChI is InChI=1S/C50H34N2/c1-4-17-36(18-5-1)42-34-47(41-26-16-20-35-19-10-11-25-40(35)41)51-46-32-31-39(33-43(42)46)52-48-29-14-12-27-44(48)50(37-21-6-2-7-22-37,38-23-8-3-9-24-38)45-28-13-15-30-49(45)52/h1-34H. The second kappa shape index (κ2) is 12.2. The van der Waals surface area contributed by atoms with Crippen molar-refractivity contribution < 1.29 is 0 Å². The van der Waals surface area contributed by atoms with E-state index in [2.05, 4.69) is 211 Å². The number of aromatic nitrogens is 1. The molecule has 244 valence electrons. The summed E-state index contributed by atoms with van der Waals surface area (Å²) < 4.78 is 0. The minimum absolute atomic E-state index is 0.507. The molecule has 0 aliphatic carbocycles. The van der Waals surface area contributed by atoms with E-state index in [1.165, 1.54) is 38.6 Å². The maximum absolute atomic E-state index is 5.34. The number of fused-ring (bicyclic) bond motifs is 4. The lowest BCUT2D eigenvalue weighted by molar-refractivity contribution is 0.731. The van der Waals surface area contributed by atoms with Crippen LogP contribution in [0, 0.1) is 0 Å². The third-order valence-electron chi connectivity index (χ3n) is 10.7. The van der Waals surface area contributed by atoms with Crippen molar-refractivity contribution in [2.24, 2.45) is 0 Å². The summed E-state index contributed by atoms with van der Waals surface area (Å²) in [6.07, 6.45) is 0. The van der Waals surface area contributed by atoms with E-state index in [1.807, 2.05) is 0 Å². The first kappa shape index (κ1) is 30.1. The van der Waals surface area contributed by atoms with Crippen LogP contribution in [-0.4, -0.2) is 4.98 Å². The average molecular weight is 663 g/mol. The molecule has 2 nitrogen and oxygen atoms in total. The summed E-state index contributed by atoms with van der Waals surface area (Å²) in [5, 5.41) is 3.53. The van der Waals surface area contributed by atoms with Crippen LogP contribution < -0.4 is 4.90 Å². The molecule has 0 radical (unpaired) electrons. The first-order valence-electron chi connectivity index (χ1n) is 17.9. The second-order valence-electron chi connectivity index (χ2n) is 13.5. The van der Waals surface area contributed by atoms with Crippen LogP contribution in [-0.2, 0) is 5.41 Å². The van der Waals surface area contributed by atoms with E-state index in [1.54, 1.807) is 0 Å². The van der Waals surface area contributed by atoms with Crippen LogP contribution in [0.25, 0.3) is 44.1 Å². The molecule has 0 fully saturated rings. The first-order chi connectivity index (χ1) is 25.8. The van der Waals surface area contributed by atoms with Gasteiger partial charge in [-0.1, -0.05) is 170 Å². The number of para-hydroxylation sites is 2. The molecule has 0 unspecified atom stereocenters. The topological polar surface area (TPSA) is 16.1 Å². The first-order valence-corrected chi connectivity index (χ1v) is 17.9. The minimum atomic E-state index is -0.507. The highest BCUT2D eigenvalue weighted by Crippen LogP contribution is 2.57. The van der Waals surface area contributed by atoms with Crippen LogP contribution in [0.4, 0.5) is 17.1 Å². The number of rotatable bonds is 5. The van der Waals surface area contributed by atoms with Gasteiger partial charge in [0.05, 0.1) is 28.0 Å². The molecule has 1 aliphatic rings. The van der Waals surface area contributed by atoms with E-state index < -0.39 is 5.41 Å². The van der Waals surface area contributed by atoms with Crippen LogP contribution in [0.3, 0.4) is 0 Å². The van der Waals surface area contributed by atoms with E-state index in [0.717, 1.165) is 44.8 Å². The zero-order valence-electron chi connectivity index (χ0n) is 28.5. The van der Waals surface area contributed by atoms with Gasteiger partial charge in [-0.15, -0.1) is 0 Å². The largest absolute Gasteiger partial charge is 0.310 e. The van der Waals surface area contributed by atoms with Crippen LogP contribution >= 0.6 is 0 Å². The second-order valence-corrected chi connectivity index (χ2v) is 13.5. The summed E-state index contributed by atoms with van der Waals surface area (Å²) in [6, 6.07) is 74.6. The van der Waals surface area contributed by atoms with Crippen molar-refractivity contribution in [2.75, 3.05) is 4.90 Å². The number of hydrogen-bond donors (Lipinski definition) is 0. The normalized spacial score (nSPS) is 13.1. The van der Waals surface area contributed by atoms with Gasteiger partial charge in [0.1, 0.15) is 0 Å². The van der Waals surface area contributed by atoms with E-state index in [-0.39, 0.29) is 0 Å². The summed E-state index contributed by atoms with van der Waals surface area (Å²) in [7, 11) is 0. The molecule has 10 rings (SSSR count). The highest BCUT2D eigenvalue weighted by Gasteiger charge is 2.46. The van der Waals surface area contributed by atoms with Gasteiger partial charge in [0.25, 0.3) is 0 Å². The van der Waals surface area contributed by atoms with Gasteiger partial charge >= 0.3 is 0 Å². The molecule has 2 heteroatoms. The Balaban J connectivity index is 1.23. The molecule has 0 N–H and O–H groups in total. The zero-order valence-corrected chi connectivity index (χ0v) is 28.5. The van der Waals surface area contributed by atoms with Gasteiger partial charge in [0.15, 0.2) is 0 Å². The van der Waals surface area contributed by atoms with Gasteiger partial charge in [-0.25, -0.2) is 4.98 Å². The quantitative estimate of drug-likeness (QED) is 0.182. The van der Waals surface area contributed by atoms with E-state index >= 15 is 0 Å². The molecule has 0 saturated heterocycles. The lowest BCUT2D eigenvalue weighted by Gasteiger charge is -2.46. The number of nitrogens with zero attached hydrogens (tertiary/aromatic N) is 2. The molecular formula is C50H34N2. The Hall–Kier alpha value is -6.77. The van der Waals surface area contributed by atoms with Gasteiger partial charge in [-0.3, -0.25) is 0 Å². The van der Waals surface area contributed by atoms with Gasteiger partial charge in [0.2, 0.25) is 0 Å². The molecule has 52 heavy (non-hydrogen) atoms. The molecule has 0 atom stereocenters. The Morgan fingerprint density at radius 3 is 1.63 bits per heavy atom. The summed E-state index contributed by atoms with van der Waals surface area (Å²) in [5.41, 5.74) is 13.3. The highest BCUT2D eigenvalue weighted by molar-refractivity contribution is 6.03. The van der Waals surface area contributed by atoms with Crippen molar-refractivity contribution in [3.8, 4) is 22.4 Å². The maximum Gasteiger partial charge on any atom is 0.0742 e. The SMILES string of the molecule is c1ccc(-c2cc(-c3cccc4ccccc34)nc3ccc(N4c5ccccc5C(c5ccccc5)(c5ccccc5)c5ccccc54)cc23)cc1. The molecule has 0 amide bonds. The molecule has 0 spiro atoms. The fourth-order valence-corrected chi connectivity index (χ4v) is 8.49. The van der Waals surface area contributed by atoms with Gasteiger partial charge < -0.3 is 4.90 Å². The Labute approximate surface area is 303 Å². The van der Waals surface area contributed by atoms with Crippen molar-refractivity contribution in [1.29, 1.82) is 0 Å². The summed E-state index contributed by atoms with van der Waals surface area (Å²) >= 11 is 0. The van der Waals surface area contributed by atoms with E-state index in [0.29, 0.717) is 0 Å². The van der Waals surface area contributed by atoms with Crippen LogP contribution in [0.2, 0.25) is 0 Å². The number of pyridine rings is 1. The number of benzene rings is 8. The van der Waals surface area contributed by atoms with Crippen LogP contribution in [0.5, 0.6) is 0 Å². The maximum atomic E-state index is 5.34. The van der Waals surface area contributed by atoms with Crippen molar-refractivity contribution in [2.45, 2.75) is 5.41 Å². The van der Waals surface area contributed by atoms with Crippen LogP contribution in [0.15, 0.2) is 206 Å². The molecule has 1 aromatic heterocycles. The summed E-state index contributed by atoms with van der Waals surface area (Å²) in [5.74, 6) is 0. The van der Waals surface area contributed by atoms with Crippen molar-refractivity contribution in [3.05, 3.63) is 229 Å². The Morgan fingerprint density at radius 1 is 0.404 bits per heavy atom. The van der Waals surface area contributed by atoms with Gasteiger partial charge in [0, 0.05) is 16.6 Å².